The van der Waals surface area contributed by atoms with Gasteiger partial charge in [0.1, 0.15) is 0 Å². The first-order chi connectivity index (χ1) is 6.81. The summed E-state index contributed by atoms with van der Waals surface area (Å²) < 4.78 is 0. The van der Waals surface area contributed by atoms with Gasteiger partial charge in [-0.3, -0.25) is 0 Å². The topological polar surface area (TPSA) is 29.3 Å². The average molecular weight is 208 g/mol. The van der Waals surface area contributed by atoms with Gasteiger partial charge in [-0.25, -0.2) is 0 Å². The molecule has 2 nitrogen and oxygen atoms in total. The molecule has 1 aromatic rings. The number of hydrogen-bond acceptors (Lipinski definition) is 3. The first-order valence-corrected chi connectivity index (χ1v) is 6.22. The highest BCUT2D eigenvalue weighted by Gasteiger charge is 2.22. The fourth-order valence-corrected chi connectivity index (χ4v) is 2.59. The lowest BCUT2D eigenvalue weighted by Gasteiger charge is -2.20. The third kappa shape index (κ3) is 1.82. The van der Waals surface area contributed by atoms with E-state index in [9.17, 15) is 0 Å². The molecule has 1 heterocycles. The average Bonchev–Trinajstić information content (AvgIpc) is 2.67. The summed E-state index contributed by atoms with van der Waals surface area (Å²) in [6.07, 6.45) is 3.46. The van der Waals surface area contributed by atoms with Crippen molar-refractivity contribution in [1.82, 2.24) is 0 Å². The third-order valence-electron chi connectivity index (χ3n) is 2.76. The van der Waals surface area contributed by atoms with E-state index in [2.05, 4.69) is 23.3 Å². The van der Waals surface area contributed by atoms with Crippen molar-refractivity contribution >= 4 is 23.1 Å². The Labute approximate surface area is 89.5 Å². The van der Waals surface area contributed by atoms with Crippen molar-refractivity contribution in [2.45, 2.75) is 11.7 Å². The molecule has 0 aromatic heterocycles. The Morgan fingerprint density at radius 2 is 2.21 bits per heavy atom. The molecule has 1 fully saturated rings. The summed E-state index contributed by atoms with van der Waals surface area (Å²) in [7, 11) is 0. The van der Waals surface area contributed by atoms with Crippen molar-refractivity contribution in [1.29, 1.82) is 0 Å². The van der Waals surface area contributed by atoms with E-state index in [0.717, 1.165) is 24.0 Å². The summed E-state index contributed by atoms with van der Waals surface area (Å²) in [5, 5.41) is 0.773. The number of para-hydroxylation sites is 2. The summed E-state index contributed by atoms with van der Waals surface area (Å²) in [4.78, 5) is 2.39. The fraction of sp³-hybridized carbons (Fsp3) is 0.455. The fourth-order valence-electron chi connectivity index (χ4n) is 1.91. The van der Waals surface area contributed by atoms with Crippen LogP contribution >= 0.6 is 11.8 Å². The van der Waals surface area contributed by atoms with Crippen LogP contribution in [0.2, 0.25) is 0 Å². The van der Waals surface area contributed by atoms with Gasteiger partial charge < -0.3 is 10.6 Å². The number of nitrogens with zero attached hydrogens (tertiary/aromatic N) is 1. The van der Waals surface area contributed by atoms with Gasteiger partial charge in [0.2, 0.25) is 0 Å². The molecule has 1 aromatic carbocycles. The van der Waals surface area contributed by atoms with E-state index < -0.39 is 0 Å². The molecule has 1 saturated heterocycles. The number of thioether (sulfide) groups is 1. The maximum atomic E-state index is 5.94. The molecular formula is C11H16N2S. The zero-order chi connectivity index (χ0) is 9.97. The second-order valence-corrected chi connectivity index (χ2v) is 4.79. The second kappa shape index (κ2) is 4.13. The Balaban J connectivity index is 2.13. The molecule has 0 radical (unpaired) electrons. The van der Waals surface area contributed by atoms with Crippen LogP contribution in [0.5, 0.6) is 0 Å². The van der Waals surface area contributed by atoms with Crippen LogP contribution in [0.15, 0.2) is 24.3 Å². The maximum Gasteiger partial charge on any atom is 0.0600 e. The zero-order valence-corrected chi connectivity index (χ0v) is 9.26. The van der Waals surface area contributed by atoms with Crippen LogP contribution in [0.4, 0.5) is 11.4 Å². The van der Waals surface area contributed by atoms with Crippen LogP contribution in [0.3, 0.4) is 0 Å². The van der Waals surface area contributed by atoms with Gasteiger partial charge >= 0.3 is 0 Å². The second-order valence-electron chi connectivity index (χ2n) is 3.65. The Bertz CT molecular complexity index is 314. The van der Waals surface area contributed by atoms with E-state index in [4.69, 9.17) is 5.73 Å². The number of anilines is 2. The molecule has 2 rings (SSSR count). The van der Waals surface area contributed by atoms with Crippen molar-refractivity contribution in [3.05, 3.63) is 24.3 Å². The van der Waals surface area contributed by atoms with Crippen LogP contribution in [-0.2, 0) is 0 Å². The molecule has 14 heavy (non-hydrogen) atoms. The third-order valence-corrected chi connectivity index (χ3v) is 3.81. The zero-order valence-electron chi connectivity index (χ0n) is 8.44. The molecule has 1 unspecified atom stereocenters. The Morgan fingerprint density at radius 1 is 1.43 bits per heavy atom. The lowest BCUT2D eigenvalue weighted by molar-refractivity contribution is 0.967. The van der Waals surface area contributed by atoms with Gasteiger partial charge in [0.05, 0.1) is 11.4 Å². The minimum Gasteiger partial charge on any atom is -0.397 e. The largest absolute Gasteiger partial charge is 0.397 e. The smallest absolute Gasteiger partial charge is 0.0600 e. The number of nitrogen functional groups attached to an aromatic ring is 1. The highest BCUT2D eigenvalue weighted by molar-refractivity contribution is 7.99. The molecule has 1 aliphatic heterocycles. The molecule has 3 heteroatoms. The highest BCUT2D eigenvalue weighted by Crippen LogP contribution is 2.29. The van der Waals surface area contributed by atoms with E-state index in [0.29, 0.717) is 0 Å². The molecule has 1 atom stereocenters. The Kier molecular flexibility index (Phi) is 2.87. The summed E-state index contributed by atoms with van der Waals surface area (Å²) in [6, 6.07) is 8.12. The molecule has 0 bridgehead atoms. The number of rotatable bonds is 2. The minimum atomic E-state index is 0.773. The summed E-state index contributed by atoms with van der Waals surface area (Å²) in [5.74, 6) is 0. The first kappa shape index (κ1) is 9.71. The molecule has 2 N–H and O–H groups in total. The Hall–Kier alpha value is -0.830. The van der Waals surface area contributed by atoms with Crippen LogP contribution in [0.1, 0.15) is 6.42 Å². The van der Waals surface area contributed by atoms with Gasteiger partial charge in [-0.15, -0.1) is 0 Å². The molecule has 0 aliphatic carbocycles. The quantitative estimate of drug-likeness (QED) is 0.756. The van der Waals surface area contributed by atoms with Crippen molar-refractivity contribution in [3.8, 4) is 0 Å². The molecule has 0 amide bonds. The van der Waals surface area contributed by atoms with Gasteiger partial charge in [-0.05, 0) is 24.8 Å². The predicted molar refractivity (Wildman–Crippen MR) is 65.0 cm³/mol. The molecule has 76 valence electrons. The van der Waals surface area contributed by atoms with Crippen LogP contribution < -0.4 is 10.6 Å². The predicted octanol–water partition coefficient (Wildman–Crippen LogP) is 2.21. The van der Waals surface area contributed by atoms with E-state index >= 15 is 0 Å². The molecule has 0 saturated carbocycles. The highest BCUT2D eigenvalue weighted by atomic mass is 32.2. The molecular weight excluding hydrogens is 192 g/mol. The SMILES string of the molecule is CSC1CCN(c2ccccc2N)C1. The summed E-state index contributed by atoms with van der Waals surface area (Å²) in [6.45, 7) is 2.27. The van der Waals surface area contributed by atoms with Crippen LogP contribution in [-0.4, -0.2) is 24.6 Å². The molecule has 1 aliphatic rings. The maximum absolute atomic E-state index is 5.94. The minimum absolute atomic E-state index is 0.773. The van der Waals surface area contributed by atoms with E-state index in [1.54, 1.807) is 0 Å². The summed E-state index contributed by atoms with van der Waals surface area (Å²) in [5.41, 5.74) is 8.03. The lowest BCUT2D eigenvalue weighted by atomic mass is 10.2. The number of hydrogen-bond donors (Lipinski definition) is 1. The van der Waals surface area contributed by atoms with Crippen molar-refractivity contribution < 1.29 is 0 Å². The van der Waals surface area contributed by atoms with Crippen molar-refractivity contribution in [3.63, 3.8) is 0 Å². The van der Waals surface area contributed by atoms with Gasteiger partial charge in [0, 0.05) is 18.3 Å². The standard InChI is InChI=1S/C11H16N2S/c1-14-9-6-7-13(8-9)11-5-3-2-4-10(11)12/h2-5,9H,6-8,12H2,1H3. The van der Waals surface area contributed by atoms with Gasteiger partial charge in [0.25, 0.3) is 0 Å². The van der Waals surface area contributed by atoms with Crippen LogP contribution in [0, 0.1) is 0 Å². The van der Waals surface area contributed by atoms with E-state index in [1.807, 2.05) is 23.9 Å². The Morgan fingerprint density at radius 3 is 2.86 bits per heavy atom. The lowest BCUT2D eigenvalue weighted by Crippen LogP contribution is -2.21. The van der Waals surface area contributed by atoms with Crippen molar-refractivity contribution in [2.24, 2.45) is 0 Å². The normalized spacial score (nSPS) is 21.5. The van der Waals surface area contributed by atoms with Gasteiger partial charge in [-0.1, -0.05) is 12.1 Å². The summed E-state index contributed by atoms with van der Waals surface area (Å²) >= 11 is 1.95. The monoisotopic (exact) mass is 208 g/mol. The number of nitrogens with two attached hydrogens (primary N) is 1. The van der Waals surface area contributed by atoms with Crippen LogP contribution in [0.25, 0.3) is 0 Å². The van der Waals surface area contributed by atoms with E-state index in [-0.39, 0.29) is 0 Å². The molecule has 0 spiro atoms. The van der Waals surface area contributed by atoms with E-state index in [1.165, 1.54) is 12.1 Å². The van der Waals surface area contributed by atoms with Crippen molar-refractivity contribution in [2.75, 3.05) is 30.0 Å². The first-order valence-electron chi connectivity index (χ1n) is 4.93. The number of benzene rings is 1. The van der Waals surface area contributed by atoms with Gasteiger partial charge in [-0.2, -0.15) is 11.8 Å². The van der Waals surface area contributed by atoms with Gasteiger partial charge in [0.15, 0.2) is 0 Å².